The number of carbonyl (C=O) groups excluding carboxylic acids is 1. The number of esters is 1. The Balaban J connectivity index is 2.65. The first-order valence-corrected chi connectivity index (χ1v) is 5.14. The van der Waals surface area contributed by atoms with Gasteiger partial charge in [0.2, 0.25) is 0 Å². The molecule has 16 heavy (non-hydrogen) atoms. The van der Waals surface area contributed by atoms with Crippen LogP contribution in [0.3, 0.4) is 0 Å². The molecule has 0 radical (unpaired) electrons. The lowest BCUT2D eigenvalue weighted by atomic mass is 10.1. The zero-order valence-electron chi connectivity index (χ0n) is 8.95. The molecule has 0 aliphatic rings. The van der Waals surface area contributed by atoms with Crippen molar-refractivity contribution in [2.75, 3.05) is 7.11 Å². The van der Waals surface area contributed by atoms with Crippen molar-refractivity contribution in [1.29, 1.82) is 0 Å². The number of aromatic nitrogens is 1. The standard InChI is InChI=1S/C12H10ClNO2/c1-7-10(13)4-3-8-5-9(12(15)16-2)6-14-11(7)8/h3-6H,1-2H3. The molecule has 0 fully saturated rings. The van der Waals surface area contributed by atoms with Gasteiger partial charge in [-0.1, -0.05) is 17.7 Å². The fraction of sp³-hybridized carbons (Fsp3) is 0.167. The molecule has 0 aliphatic heterocycles. The monoisotopic (exact) mass is 235 g/mol. The summed E-state index contributed by atoms with van der Waals surface area (Å²) >= 11 is 5.99. The number of hydrogen-bond donors (Lipinski definition) is 0. The van der Waals surface area contributed by atoms with Crippen molar-refractivity contribution in [2.45, 2.75) is 6.92 Å². The third-order valence-corrected chi connectivity index (χ3v) is 2.87. The van der Waals surface area contributed by atoms with Crippen LogP contribution in [0.2, 0.25) is 5.02 Å². The number of fused-ring (bicyclic) bond motifs is 1. The van der Waals surface area contributed by atoms with Crippen molar-refractivity contribution in [3.8, 4) is 0 Å². The van der Waals surface area contributed by atoms with Crippen molar-refractivity contribution in [1.82, 2.24) is 4.98 Å². The molecule has 0 N–H and O–H groups in total. The summed E-state index contributed by atoms with van der Waals surface area (Å²) in [7, 11) is 1.35. The number of ether oxygens (including phenoxy) is 1. The zero-order valence-corrected chi connectivity index (χ0v) is 9.71. The summed E-state index contributed by atoms with van der Waals surface area (Å²) in [5.74, 6) is -0.387. The normalized spacial score (nSPS) is 10.4. The van der Waals surface area contributed by atoms with Crippen molar-refractivity contribution in [3.63, 3.8) is 0 Å². The minimum absolute atomic E-state index is 0.387. The molecular weight excluding hydrogens is 226 g/mol. The van der Waals surface area contributed by atoms with E-state index in [9.17, 15) is 4.79 Å². The SMILES string of the molecule is COC(=O)c1cnc2c(C)c(Cl)ccc2c1. The Morgan fingerprint density at radius 3 is 2.88 bits per heavy atom. The van der Waals surface area contributed by atoms with Gasteiger partial charge in [0.25, 0.3) is 0 Å². The lowest BCUT2D eigenvalue weighted by Gasteiger charge is -2.05. The van der Waals surface area contributed by atoms with Crippen LogP contribution in [-0.2, 0) is 4.74 Å². The van der Waals surface area contributed by atoms with Crippen LogP contribution in [0.5, 0.6) is 0 Å². The third-order valence-electron chi connectivity index (χ3n) is 2.46. The molecular formula is C12H10ClNO2. The van der Waals surface area contributed by atoms with Gasteiger partial charge in [-0.05, 0) is 24.6 Å². The van der Waals surface area contributed by atoms with Crippen LogP contribution < -0.4 is 0 Å². The summed E-state index contributed by atoms with van der Waals surface area (Å²) in [6.45, 7) is 1.90. The first-order chi connectivity index (χ1) is 7.63. The number of methoxy groups -OCH3 is 1. The highest BCUT2D eigenvalue weighted by atomic mass is 35.5. The Morgan fingerprint density at radius 2 is 2.19 bits per heavy atom. The largest absolute Gasteiger partial charge is 0.465 e. The molecule has 2 aromatic rings. The summed E-state index contributed by atoms with van der Waals surface area (Å²) in [6, 6.07) is 5.38. The Hall–Kier alpha value is -1.61. The highest BCUT2D eigenvalue weighted by Gasteiger charge is 2.09. The van der Waals surface area contributed by atoms with Crippen molar-refractivity contribution in [2.24, 2.45) is 0 Å². The predicted molar refractivity (Wildman–Crippen MR) is 62.8 cm³/mol. The van der Waals surface area contributed by atoms with Crippen LogP contribution in [0.15, 0.2) is 24.4 Å². The topological polar surface area (TPSA) is 39.2 Å². The Bertz CT molecular complexity index is 566. The average Bonchev–Trinajstić information content (AvgIpc) is 2.32. The smallest absolute Gasteiger partial charge is 0.339 e. The van der Waals surface area contributed by atoms with Crippen molar-refractivity contribution < 1.29 is 9.53 Å². The molecule has 3 nitrogen and oxygen atoms in total. The van der Waals surface area contributed by atoms with Crippen LogP contribution in [0, 0.1) is 6.92 Å². The third kappa shape index (κ3) is 1.74. The van der Waals surface area contributed by atoms with E-state index in [0.29, 0.717) is 10.6 Å². The number of carbonyl (C=O) groups is 1. The molecule has 1 heterocycles. The molecule has 2 rings (SSSR count). The molecule has 0 spiro atoms. The van der Waals surface area contributed by atoms with Crippen LogP contribution in [0.1, 0.15) is 15.9 Å². The molecule has 0 saturated heterocycles. The second-order valence-electron chi connectivity index (χ2n) is 3.46. The average molecular weight is 236 g/mol. The lowest BCUT2D eigenvalue weighted by molar-refractivity contribution is 0.0600. The van der Waals surface area contributed by atoms with Gasteiger partial charge in [0.1, 0.15) is 0 Å². The first kappa shape index (κ1) is 10.9. The fourth-order valence-corrected chi connectivity index (χ4v) is 1.71. The number of rotatable bonds is 1. The number of hydrogen-bond acceptors (Lipinski definition) is 3. The van der Waals surface area contributed by atoms with E-state index >= 15 is 0 Å². The van der Waals surface area contributed by atoms with Gasteiger partial charge in [-0.25, -0.2) is 4.79 Å². The van der Waals surface area contributed by atoms with Gasteiger partial charge in [-0.15, -0.1) is 0 Å². The van der Waals surface area contributed by atoms with Crippen LogP contribution in [0.25, 0.3) is 10.9 Å². The summed E-state index contributed by atoms with van der Waals surface area (Å²) in [5.41, 5.74) is 2.16. The van der Waals surface area contributed by atoms with Crippen molar-refractivity contribution >= 4 is 28.5 Å². The van der Waals surface area contributed by atoms with Gasteiger partial charge >= 0.3 is 5.97 Å². The number of halogens is 1. The quantitative estimate of drug-likeness (QED) is 0.714. The molecule has 0 saturated carbocycles. The molecule has 0 bridgehead atoms. The minimum atomic E-state index is -0.387. The van der Waals surface area contributed by atoms with E-state index in [1.54, 1.807) is 12.1 Å². The zero-order chi connectivity index (χ0) is 11.7. The second kappa shape index (κ2) is 4.10. The van der Waals surface area contributed by atoms with Crippen LogP contribution in [0.4, 0.5) is 0 Å². The molecule has 82 valence electrons. The summed E-state index contributed by atoms with van der Waals surface area (Å²) in [5, 5.41) is 1.55. The van der Waals surface area contributed by atoms with E-state index in [4.69, 9.17) is 11.6 Å². The molecule has 4 heteroatoms. The summed E-state index contributed by atoms with van der Waals surface area (Å²) in [6.07, 6.45) is 1.50. The van der Waals surface area contributed by atoms with Crippen LogP contribution >= 0.6 is 11.6 Å². The summed E-state index contributed by atoms with van der Waals surface area (Å²) in [4.78, 5) is 15.5. The maximum atomic E-state index is 11.3. The molecule has 1 aromatic carbocycles. The lowest BCUT2D eigenvalue weighted by Crippen LogP contribution is -2.01. The van der Waals surface area contributed by atoms with E-state index in [2.05, 4.69) is 9.72 Å². The Morgan fingerprint density at radius 1 is 1.44 bits per heavy atom. The number of pyridine rings is 1. The maximum Gasteiger partial charge on any atom is 0.339 e. The summed E-state index contributed by atoms with van der Waals surface area (Å²) < 4.78 is 4.63. The highest BCUT2D eigenvalue weighted by molar-refractivity contribution is 6.32. The van der Waals surface area contributed by atoms with Gasteiger partial charge in [-0.2, -0.15) is 0 Å². The first-order valence-electron chi connectivity index (χ1n) is 4.76. The van der Waals surface area contributed by atoms with E-state index < -0.39 is 0 Å². The van der Waals surface area contributed by atoms with E-state index in [1.165, 1.54) is 13.3 Å². The molecule has 0 aliphatic carbocycles. The Kier molecular flexibility index (Phi) is 2.79. The number of aryl methyl sites for hydroxylation is 1. The van der Waals surface area contributed by atoms with E-state index in [1.807, 2.05) is 13.0 Å². The predicted octanol–water partition coefficient (Wildman–Crippen LogP) is 2.98. The van der Waals surface area contributed by atoms with Gasteiger partial charge in [0, 0.05) is 16.6 Å². The van der Waals surface area contributed by atoms with Gasteiger partial charge in [0.05, 0.1) is 18.2 Å². The molecule has 0 amide bonds. The Labute approximate surface area is 98.0 Å². The number of nitrogens with zero attached hydrogens (tertiary/aromatic N) is 1. The minimum Gasteiger partial charge on any atom is -0.465 e. The molecule has 0 atom stereocenters. The van der Waals surface area contributed by atoms with Crippen molar-refractivity contribution in [3.05, 3.63) is 40.5 Å². The van der Waals surface area contributed by atoms with Gasteiger partial charge in [0.15, 0.2) is 0 Å². The van der Waals surface area contributed by atoms with E-state index in [0.717, 1.165) is 16.5 Å². The van der Waals surface area contributed by atoms with Crippen LogP contribution in [-0.4, -0.2) is 18.1 Å². The highest BCUT2D eigenvalue weighted by Crippen LogP contribution is 2.24. The van der Waals surface area contributed by atoms with E-state index in [-0.39, 0.29) is 5.97 Å². The van der Waals surface area contributed by atoms with Gasteiger partial charge in [-0.3, -0.25) is 4.98 Å². The second-order valence-corrected chi connectivity index (χ2v) is 3.87. The maximum absolute atomic E-state index is 11.3. The van der Waals surface area contributed by atoms with Gasteiger partial charge < -0.3 is 4.74 Å². The fourth-order valence-electron chi connectivity index (χ4n) is 1.55. The molecule has 0 unspecified atom stereocenters. The molecule has 1 aromatic heterocycles. The number of benzene rings is 1.